The van der Waals surface area contributed by atoms with Gasteiger partial charge in [0.1, 0.15) is 0 Å². The molecular weight excluding hydrogens is 570 g/mol. The van der Waals surface area contributed by atoms with Crippen molar-refractivity contribution in [2.45, 2.75) is 29.6 Å². The van der Waals surface area contributed by atoms with Gasteiger partial charge in [0.05, 0.1) is 11.7 Å². The van der Waals surface area contributed by atoms with Crippen LogP contribution in [-0.4, -0.2) is 103 Å². The summed E-state index contributed by atoms with van der Waals surface area (Å²) in [5.41, 5.74) is 0.930. The number of benzene rings is 1. The summed E-state index contributed by atoms with van der Waals surface area (Å²) < 4.78 is 29.0. The van der Waals surface area contributed by atoms with Gasteiger partial charge < -0.3 is 19.8 Å². The van der Waals surface area contributed by atoms with E-state index in [1.165, 1.54) is 20.5 Å². The van der Waals surface area contributed by atoms with E-state index in [0.717, 1.165) is 41.4 Å². The molecule has 1 N–H and O–H groups in total. The van der Waals surface area contributed by atoms with Gasteiger partial charge in [0.2, 0.25) is 5.91 Å². The van der Waals surface area contributed by atoms with Gasteiger partial charge in [-0.05, 0) is 25.2 Å². The molecule has 1 atom stereocenters. The van der Waals surface area contributed by atoms with Crippen molar-refractivity contribution in [3.05, 3.63) is 38.8 Å². The number of hydrogen-bond donors (Lipinski definition) is 1. The van der Waals surface area contributed by atoms with E-state index >= 15 is 0 Å². The first-order chi connectivity index (χ1) is 18.0. The standard InChI is InChI=1S/C24H28ClN5O5S3/c1-27(2)20(31)11-15-12-29(38(34,35)24-21(32)16-5-4-14(25)10-18(16)37-24)8-9-30(15)23(33)22-26-17-6-7-28(3)13-19(17)36-22/h4-5,10,15,32H,6-9,11-13H2,1-3H3. The maximum Gasteiger partial charge on any atom is 0.283 e. The van der Waals surface area contributed by atoms with Crippen LogP contribution in [-0.2, 0) is 27.8 Å². The molecule has 0 spiro atoms. The summed E-state index contributed by atoms with van der Waals surface area (Å²) >= 11 is 8.37. The van der Waals surface area contributed by atoms with E-state index < -0.39 is 16.1 Å². The minimum Gasteiger partial charge on any atom is -0.505 e. The van der Waals surface area contributed by atoms with Gasteiger partial charge in [0.25, 0.3) is 15.9 Å². The third kappa shape index (κ3) is 5.03. The quantitative estimate of drug-likeness (QED) is 0.481. The van der Waals surface area contributed by atoms with E-state index in [0.29, 0.717) is 20.1 Å². The molecule has 0 bridgehead atoms. The monoisotopic (exact) mass is 597 g/mol. The number of likely N-dealkylation sites (N-methyl/N-ethyl adjacent to an activating group) is 1. The Kier molecular flexibility index (Phi) is 7.44. The Morgan fingerprint density at radius 1 is 1.21 bits per heavy atom. The highest BCUT2D eigenvalue weighted by Crippen LogP contribution is 2.42. The highest BCUT2D eigenvalue weighted by atomic mass is 35.5. The number of aromatic hydroxyl groups is 1. The summed E-state index contributed by atoms with van der Waals surface area (Å²) in [6.45, 7) is 1.67. The number of thiophene rings is 1. The molecular formula is C24H28ClN5O5S3. The molecule has 2 aliphatic heterocycles. The average Bonchev–Trinajstić information content (AvgIpc) is 3.44. The van der Waals surface area contributed by atoms with Crippen molar-refractivity contribution >= 4 is 66.2 Å². The molecule has 2 aromatic heterocycles. The molecule has 1 aromatic carbocycles. The number of fused-ring (bicyclic) bond motifs is 2. The van der Waals surface area contributed by atoms with E-state index in [4.69, 9.17) is 11.6 Å². The van der Waals surface area contributed by atoms with Gasteiger partial charge in [-0.1, -0.05) is 11.6 Å². The first-order valence-corrected chi connectivity index (χ1v) is 15.5. The van der Waals surface area contributed by atoms with Crippen molar-refractivity contribution < 1.29 is 23.1 Å². The fourth-order valence-electron chi connectivity index (χ4n) is 4.74. The highest BCUT2D eigenvalue weighted by Gasteiger charge is 2.40. The molecule has 0 saturated carbocycles. The highest BCUT2D eigenvalue weighted by molar-refractivity contribution is 7.91. The van der Waals surface area contributed by atoms with Crippen LogP contribution in [0.25, 0.3) is 10.1 Å². The summed E-state index contributed by atoms with van der Waals surface area (Å²) in [4.78, 5) is 37.1. The van der Waals surface area contributed by atoms with Crippen molar-refractivity contribution in [1.82, 2.24) is 24.0 Å². The molecule has 1 saturated heterocycles. The van der Waals surface area contributed by atoms with Crippen LogP contribution in [0.3, 0.4) is 0 Å². The number of halogens is 1. The number of thiazole rings is 1. The molecule has 204 valence electrons. The molecule has 0 aliphatic carbocycles. The normalized spacial score (nSPS) is 19.1. The third-order valence-electron chi connectivity index (χ3n) is 6.89. The second-order valence-corrected chi connectivity index (χ2v) is 14.5. The van der Waals surface area contributed by atoms with Crippen molar-refractivity contribution in [2.75, 3.05) is 47.3 Å². The molecule has 10 nitrogen and oxygen atoms in total. The van der Waals surface area contributed by atoms with Gasteiger partial charge in [-0.2, -0.15) is 4.31 Å². The topological polar surface area (TPSA) is 114 Å². The first kappa shape index (κ1) is 27.3. The number of hydrogen-bond acceptors (Lipinski definition) is 9. The number of piperazine rings is 1. The number of rotatable bonds is 5. The van der Waals surface area contributed by atoms with Gasteiger partial charge in [0.15, 0.2) is 15.0 Å². The lowest BCUT2D eigenvalue weighted by Gasteiger charge is -2.40. The third-order valence-corrected chi connectivity index (χ3v) is 11.7. The SMILES string of the molecule is CN1CCc2nc(C(=O)N3CCN(S(=O)(=O)c4sc5cc(Cl)ccc5c4O)CC3CC(=O)N(C)C)sc2C1. The van der Waals surface area contributed by atoms with Crippen molar-refractivity contribution in [3.63, 3.8) is 0 Å². The minimum absolute atomic E-state index is 0.0308. The second-order valence-electron chi connectivity index (χ2n) is 9.76. The zero-order valence-corrected chi connectivity index (χ0v) is 24.4. The maximum atomic E-state index is 13.7. The number of aromatic nitrogens is 1. The van der Waals surface area contributed by atoms with Crippen LogP contribution in [0.1, 0.15) is 26.8 Å². The fourth-order valence-corrected chi connectivity index (χ4v) is 9.27. The first-order valence-electron chi connectivity index (χ1n) is 12.0. The van der Waals surface area contributed by atoms with Crippen molar-refractivity contribution in [2.24, 2.45) is 0 Å². The Balaban J connectivity index is 1.44. The smallest absolute Gasteiger partial charge is 0.283 e. The van der Waals surface area contributed by atoms with E-state index in [2.05, 4.69) is 9.88 Å². The number of nitrogens with zero attached hydrogens (tertiary/aromatic N) is 5. The van der Waals surface area contributed by atoms with Gasteiger partial charge in [0, 0.05) is 79.6 Å². The molecule has 2 aliphatic rings. The van der Waals surface area contributed by atoms with Crippen LogP contribution in [0.4, 0.5) is 0 Å². The predicted octanol–water partition coefficient (Wildman–Crippen LogP) is 2.70. The minimum atomic E-state index is -4.10. The molecule has 38 heavy (non-hydrogen) atoms. The molecule has 1 unspecified atom stereocenters. The van der Waals surface area contributed by atoms with E-state index in [1.807, 2.05) is 7.05 Å². The van der Waals surface area contributed by atoms with Crippen LogP contribution in [0.2, 0.25) is 5.02 Å². The molecule has 5 rings (SSSR count). The second kappa shape index (κ2) is 10.4. The van der Waals surface area contributed by atoms with E-state index in [9.17, 15) is 23.1 Å². The molecule has 2 amide bonds. The van der Waals surface area contributed by atoms with E-state index in [1.54, 1.807) is 37.2 Å². The zero-order chi connectivity index (χ0) is 27.4. The lowest BCUT2D eigenvalue weighted by molar-refractivity contribution is -0.130. The van der Waals surface area contributed by atoms with Crippen LogP contribution in [0.5, 0.6) is 5.75 Å². The molecule has 0 radical (unpaired) electrons. The Labute approximate surface area is 234 Å². The summed E-state index contributed by atoms with van der Waals surface area (Å²) in [5, 5.41) is 12.0. The summed E-state index contributed by atoms with van der Waals surface area (Å²) in [6, 6.07) is 4.11. The zero-order valence-electron chi connectivity index (χ0n) is 21.2. The van der Waals surface area contributed by atoms with Gasteiger partial charge in [-0.15, -0.1) is 22.7 Å². The predicted molar refractivity (Wildman–Crippen MR) is 148 cm³/mol. The maximum absolute atomic E-state index is 13.7. The lowest BCUT2D eigenvalue weighted by Crippen LogP contribution is -2.57. The summed E-state index contributed by atoms with van der Waals surface area (Å²) in [7, 11) is 1.17. The Hall–Kier alpha value is -2.29. The average molecular weight is 598 g/mol. The van der Waals surface area contributed by atoms with Crippen LogP contribution in [0.15, 0.2) is 22.4 Å². The number of amides is 2. The fraction of sp³-hybridized carbons (Fsp3) is 0.458. The van der Waals surface area contributed by atoms with Crippen molar-refractivity contribution in [1.29, 1.82) is 0 Å². The molecule has 14 heteroatoms. The number of sulfonamides is 1. The van der Waals surface area contributed by atoms with Crippen LogP contribution < -0.4 is 0 Å². The summed E-state index contributed by atoms with van der Waals surface area (Å²) in [6.07, 6.45) is 0.737. The van der Waals surface area contributed by atoms with E-state index in [-0.39, 0.29) is 47.8 Å². The van der Waals surface area contributed by atoms with Gasteiger partial charge in [-0.3, -0.25) is 9.59 Å². The molecule has 3 aromatic rings. The van der Waals surface area contributed by atoms with Crippen LogP contribution in [0, 0.1) is 0 Å². The Morgan fingerprint density at radius 3 is 2.71 bits per heavy atom. The largest absolute Gasteiger partial charge is 0.505 e. The number of carbonyl (C=O) groups excluding carboxylic acids is 2. The lowest BCUT2D eigenvalue weighted by atomic mass is 10.1. The number of carbonyl (C=O) groups is 2. The van der Waals surface area contributed by atoms with Gasteiger partial charge in [-0.25, -0.2) is 13.4 Å². The molecule has 1 fully saturated rings. The van der Waals surface area contributed by atoms with Crippen molar-refractivity contribution in [3.8, 4) is 5.75 Å². The van der Waals surface area contributed by atoms with Crippen LogP contribution >= 0.6 is 34.3 Å². The Morgan fingerprint density at radius 2 is 1.97 bits per heavy atom. The van der Waals surface area contributed by atoms with Gasteiger partial charge >= 0.3 is 0 Å². The molecule has 4 heterocycles. The Bertz CT molecular complexity index is 1520. The summed E-state index contributed by atoms with van der Waals surface area (Å²) in [5.74, 6) is -0.828.